The van der Waals surface area contributed by atoms with Crippen LogP contribution in [-0.2, 0) is 11.2 Å². The van der Waals surface area contributed by atoms with E-state index in [1.165, 1.54) is 0 Å². The Balaban J connectivity index is 0.00000280. The minimum atomic E-state index is -0.0262. The SMILES string of the molecule is CN1CCNCC1c1noc(Cc2ccc(NC(=O)CC(C)(C)C)cc2)n1.Cl. The van der Waals surface area contributed by atoms with Gasteiger partial charge in [-0.2, -0.15) is 4.98 Å². The van der Waals surface area contributed by atoms with Gasteiger partial charge in [0.15, 0.2) is 5.82 Å². The van der Waals surface area contributed by atoms with Gasteiger partial charge in [-0.15, -0.1) is 12.4 Å². The van der Waals surface area contributed by atoms with Crippen molar-refractivity contribution in [2.75, 3.05) is 32.0 Å². The van der Waals surface area contributed by atoms with Crippen LogP contribution in [0.15, 0.2) is 28.8 Å². The highest BCUT2D eigenvalue weighted by molar-refractivity contribution is 5.91. The monoisotopic (exact) mass is 407 g/mol. The Labute approximate surface area is 172 Å². The Morgan fingerprint density at radius 2 is 2.04 bits per heavy atom. The minimum absolute atomic E-state index is 0. The summed E-state index contributed by atoms with van der Waals surface area (Å²) in [5.41, 5.74) is 1.84. The summed E-state index contributed by atoms with van der Waals surface area (Å²) in [6.45, 7) is 8.94. The van der Waals surface area contributed by atoms with Crippen LogP contribution in [0.1, 0.15) is 50.5 Å². The number of benzene rings is 1. The van der Waals surface area contributed by atoms with E-state index >= 15 is 0 Å². The Kier molecular flexibility index (Phi) is 7.57. The number of likely N-dealkylation sites (N-methyl/N-ethyl adjacent to an activating group) is 1. The Bertz CT molecular complexity index is 770. The van der Waals surface area contributed by atoms with Crippen LogP contribution in [0.25, 0.3) is 0 Å². The number of nitrogens with one attached hydrogen (secondary N) is 2. The van der Waals surface area contributed by atoms with Gasteiger partial charge in [0, 0.05) is 31.7 Å². The molecule has 1 saturated heterocycles. The number of halogens is 1. The van der Waals surface area contributed by atoms with Crippen molar-refractivity contribution in [2.45, 2.75) is 39.7 Å². The van der Waals surface area contributed by atoms with Gasteiger partial charge in [-0.05, 0) is 30.2 Å². The highest BCUT2D eigenvalue weighted by Crippen LogP contribution is 2.21. The molecule has 1 aromatic carbocycles. The topological polar surface area (TPSA) is 83.3 Å². The summed E-state index contributed by atoms with van der Waals surface area (Å²) >= 11 is 0. The lowest BCUT2D eigenvalue weighted by Crippen LogP contribution is -2.44. The third-order valence-electron chi connectivity index (χ3n) is 4.58. The first-order chi connectivity index (χ1) is 12.8. The van der Waals surface area contributed by atoms with Crippen molar-refractivity contribution in [3.05, 3.63) is 41.5 Å². The molecule has 1 unspecified atom stereocenters. The second-order valence-corrected chi connectivity index (χ2v) is 8.41. The van der Waals surface area contributed by atoms with E-state index in [0.29, 0.717) is 18.7 Å². The molecule has 2 N–H and O–H groups in total. The largest absolute Gasteiger partial charge is 0.339 e. The molecule has 1 amide bonds. The zero-order valence-electron chi connectivity index (χ0n) is 17.0. The second-order valence-electron chi connectivity index (χ2n) is 8.41. The zero-order chi connectivity index (χ0) is 19.4. The lowest BCUT2D eigenvalue weighted by atomic mass is 9.92. The first kappa shape index (κ1) is 22.3. The van der Waals surface area contributed by atoms with Gasteiger partial charge < -0.3 is 15.2 Å². The van der Waals surface area contributed by atoms with Crippen LogP contribution >= 0.6 is 12.4 Å². The summed E-state index contributed by atoms with van der Waals surface area (Å²) in [6, 6.07) is 7.92. The number of piperazine rings is 1. The molecule has 0 spiro atoms. The summed E-state index contributed by atoms with van der Waals surface area (Å²) in [7, 11) is 2.08. The molecule has 2 aromatic rings. The fraction of sp³-hybridized carbons (Fsp3) is 0.550. The smallest absolute Gasteiger partial charge is 0.231 e. The van der Waals surface area contributed by atoms with Crippen LogP contribution in [-0.4, -0.2) is 47.6 Å². The quantitative estimate of drug-likeness (QED) is 0.792. The van der Waals surface area contributed by atoms with Gasteiger partial charge in [-0.3, -0.25) is 9.69 Å². The third kappa shape index (κ3) is 6.29. The molecule has 1 aromatic heterocycles. The standard InChI is InChI=1S/C20H29N5O2.ClH/c1-20(2,3)12-17(26)22-15-7-5-14(6-8-15)11-18-23-19(24-27-18)16-13-21-9-10-25(16)4;/h5-8,16,21H,9-13H2,1-4H3,(H,22,26);1H. The van der Waals surface area contributed by atoms with E-state index in [1.807, 2.05) is 24.3 Å². The minimum Gasteiger partial charge on any atom is -0.339 e. The molecular weight excluding hydrogens is 378 g/mol. The second kappa shape index (κ2) is 9.49. The fourth-order valence-corrected chi connectivity index (χ4v) is 3.14. The molecule has 154 valence electrons. The summed E-state index contributed by atoms with van der Waals surface area (Å²) in [5, 5.41) is 10.5. The van der Waals surface area contributed by atoms with Crippen LogP contribution in [0.2, 0.25) is 0 Å². The molecule has 3 rings (SSSR count). The van der Waals surface area contributed by atoms with E-state index < -0.39 is 0 Å². The van der Waals surface area contributed by atoms with Gasteiger partial charge in [0.2, 0.25) is 11.8 Å². The van der Waals surface area contributed by atoms with E-state index in [0.717, 1.165) is 36.7 Å². The van der Waals surface area contributed by atoms with Crippen molar-refractivity contribution in [1.82, 2.24) is 20.4 Å². The van der Waals surface area contributed by atoms with E-state index in [-0.39, 0.29) is 29.8 Å². The lowest BCUT2D eigenvalue weighted by molar-refractivity contribution is -0.117. The molecule has 8 heteroatoms. The number of amides is 1. The van der Waals surface area contributed by atoms with Crippen molar-refractivity contribution >= 4 is 24.0 Å². The molecule has 0 aliphatic carbocycles. The zero-order valence-corrected chi connectivity index (χ0v) is 17.8. The summed E-state index contributed by atoms with van der Waals surface area (Å²) in [5.74, 6) is 1.36. The van der Waals surface area contributed by atoms with Crippen LogP contribution in [0.5, 0.6) is 0 Å². The number of anilines is 1. The maximum atomic E-state index is 12.0. The number of carbonyl (C=O) groups excluding carboxylic acids is 1. The average molecular weight is 408 g/mol. The van der Waals surface area contributed by atoms with Crippen LogP contribution in [0.4, 0.5) is 5.69 Å². The molecule has 0 saturated carbocycles. The number of nitrogens with zero attached hydrogens (tertiary/aromatic N) is 3. The molecule has 0 bridgehead atoms. The van der Waals surface area contributed by atoms with Crippen molar-refractivity contribution in [2.24, 2.45) is 5.41 Å². The van der Waals surface area contributed by atoms with Gasteiger partial charge in [0.25, 0.3) is 0 Å². The van der Waals surface area contributed by atoms with E-state index in [2.05, 4.69) is 53.5 Å². The number of hydrogen-bond acceptors (Lipinski definition) is 6. The highest BCUT2D eigenvalue weighted by Gasteiger charge is 2.25. The molecule has 1 atom stereocenters. The van der Waals surface area contributed by atoms with Crippen molar-refractivity contribution in [3.8, 4) is 0 Å². The normalized spacial score (nSPS) is 17.8. The molecule has 7 nitrogen and oxygen atoms in total. The van der Waals surface area contributed by atoms with E-state index in [9.17, 15) is 4.79 Å². The molecule has 1 aliphatic heterocycles. The number of carbonyl (C=O) groups is 1. The van der Waals surface area contributed by atoms with Crippen LogP contribution < -0.4 is 10.6 Å². The number of rotatable bonds is 5. The Hall–Kier alpha value is -1.96. The maximum absolute atomic E-state index is 12.0. The molecule has 28 heavy (non-hydrogen) atoms. The van der Waals surface area contributed by atoms with E-state index in [4.69, 9.17) is 4.52 Å². The molecular formula is C20H30ClN5O2. The summed E-state index contributed by atoms with van der Waals surface area (Å²) < 4.78 is 5.43. The predicted molar refractivity (Wildman–Crippen MR) is 112 cm³/mol. The highest BCUT2D eigenvalue weighted by atomic mass is 35.5. The van der Waals surface area contributed by atoms with Gasteiger partial charge in [0.1, 0.15) is 0 Å². The molecule has 0 radical (unpaired) electrons. The van der Waals surface area contributed by atoms with Gasteiger partial charge in [-0.25, -0.2) is 0 Å². The number of hydrogen-bond donors (Lipinski definition) is 2. The van der Waals surface area contributed by atoms with Crippen molar-refractivity contribution < 1.29 is 9.32 Å². The van der Waals surface area contributed by atoms with Gasteiger partial charge in [-0.1, -0.05) is 38.1 Å². The lowest BCUT2D eigenvalue weighted by Gasteiger charge is -2.30. The van der Waals surface area contributed by atoms with Crippen molar-refractivity contribution in [1.29, 1.82) is 0 Å². The fourth-order valence-electron chi connectivity index (χ4n) is 3.14. The molecule has 1 fully saturated rings. The Morgan fingerprint density at radius 3 is 2.68 bits per heavy atom. The first-order valence-electron chi connectivity index (χ1n) is 9.42. The molecule has 1 aliphatic rings. The molecule has 2 heterocycles. The van der Waals surface area contributed by atoms with Crippen molar-refractivity contribution in [3.63, 3.8) is 0 Å². The Morgan fingerprint density at radius 1 is 1.32 bits per heavy atom. The van der Waals surface area contributed by atoms with Gasteiger partial charge >= 0.3 is 0 Å². The van der Waals surface area contributed by atoms with E-state index in [1.54, 1.807) is 0 Å². The first-order valence-corrected chi connectivity index (χ1v) is 9.42. The summed E-state index contributed by atoms with van der Waals surface area (Å²) in [6.07, 6.45) is 1.07. The number of aromatic nitrogens is 2. The van der Waals surface area contributed by atoms with Crippen LogP contribution in [0, 0.1) is 5.41 Å². The third-order valence-corrected chi connectivity index (χ3v) is 4.58. The average Bonchev–Trinajstić information content (AvgIpc) is 3.03. The predicted octanol–water partition coefficient (Wildman–Crippen LogP) is 3.03. The van der Waals surface area contributed by atoms with Crippen LogP contribution in [0.3, 0.4) is 0 Å². The van der Waals surface area contributed by atoms with Gasteiger partial charge in [0.05, 0.1) is 12.5 Å². The maximum Gasteiger partial charge on any atom is 0.231 e. The summed E-state index contributed by atoms with van der Waals surface area (Å²) in [4.78, 5) is 18.8.